The maximum absolute atomic E-state index is 13.2. The Labute approximate surface area is 172 Å². The van der Waals surface area contributed by atoms with E-state index in [0.29, 0.717) is 13.0 Å². The highest BCUT2D eigenvalue weighted by Crippen LogP contribution is 2.26. The molecule has 0 atom stereocenters. The Morgan fingerprint density at radius 3 is 2.41 bits per heavy atom. The Morgan fingerprint density at radius 1 is 1.03 bits per heavy atom. The van der Waals surface area contributed by atoms with Crippen molar-refractivity contribution in [3.8, 4) is 0 Å². The number of carbonyl (C=O) groups excluding carboxylic acids is 2. The number of nitrogens with one attached hydrogen (secondary N) is 3. The van der Waals surface area contributed by atoms with E-state index in [9.17, 15) is 9.59 Å². The molecule has 0 spiro atoms. The van der Waals surface area contributed by atoms with Gasteiger partial charge in [0.15, 0.2) is 0 Å². The number of urea groups is 1. The van der Waals surface area contributed by atoms with Crippen molar-refractivity contribution in [2.24, 2.45) is 0 Å². The number of hydrogen-bond acceptors (Lipinski definition) is 3. The number of nitrogens with zero attached hydrogens (tertiary/aromatic N) is 1. The highest BCUT2D eigenvalue weighted by molar-refractivity contribution is 5.98. The fraction of sp³-hybridized carbons (Fsp3) is 0.391. The third-order valence-electron chi connectivity index (χ3n) is 5.17. The molecule has 29 heavy (non-hydrogen) atoms. The third-order valence-corrected chi connectivity index (χ3v) is 5.17. The van der Waals surface area contributed by atoms with Crippen molar-refractivity contribution in [2.45, 2.75) is 26.7 Å². The molecule has 0 radical (unpaired) electrons. The highest BCUT2D eigenvalue weighted by atomic mass is 16.2. The van der Waals surface area contributed by atoms with E-state index >= 15 is 0 Å². The Kier molecular flexibility index (Phi) is 7.25. The van der Waals surface area contributed by atoms with Gasteiger partial charge in [0.05, 0.1) is 0 Å². The minimum Gasteiger partial charge on any atom is -0.338 e. The maximum atomic E-state index is 13.2. The number of carbonyl (C=O) groups is 2. The lowest BCUT2D eigenvalue weighted by molar-refractivity contribution is 0.0734. The quantitative estimate of drug-likeness (QED) is 0.705. The van der Waals surface area contributed by atoms with Crippen molar-refractivity contribution in [3.05, 3.63) is 64.7 Å². The molecule has 3 N–H and O–H groups in total. The van der Waals surface area contributed by atoms with Crippen molar-refractivity contribution in [1.29, 1.82) is 0 Å². The van der Waals surface area contributed by atoms with Crippen LogP contribution in [-0.2, 0) is 12.8 Å². The number of amides is 3. The number of piperazine rings is 1. The number of benzene rings is 2. The van der Waals surface area contributed by atoms with E-state index in [-0.39, 0.29) is 11.9 Å². The molecule has 2 aromatic carbocycles. The van der Waals surface area contributed by atoms with Crippen LogP contribution in [0.15, 0.2) is 42.5 Å². The Hall–Kier alpha value is -2.86. The molecule has 3 rings (SSSR count). The van der Waals surface area contributed by atoms with Gasteiger partial charge in [-0.05, 0) is 48.6 Å². The van der Waals surface area contributed by atoms with E-state index in [4.69, 9.17) is 0 Å². The van der Waals surface area contributed by atoms with Crippen LogP contribution in [0.4, 0.5) is 10.5 Å². The number of anilines is 1. The van der Waals surface area contributed by atoms with Crippen LogP contribution in [0.2, 0.25) is 0 Å². The standard InChI is InChI=1S/C23H30N4O2/c1-3-18-16-21(26-23(29)25-4-2)19(14-17-8-6-5-7-9-17)15-20(18)22(28)27-12-10-24-11-13-27/h5-9,15-16,24H,3-4,10-14H2,1-2H3,(H2,25,26,29). The third kappa shape index (κ3) is 5.35. The Balaban J connectivity index is 1.98. The van der Waals surface area contributed by atoms with Gasteiger partial charge in [-0.15, -0.1) is 0 Å². The smallest absolute Gasteiger partial charge is 0.319 e. The lowest BCUT2D eigenvalue weighted by Gasteiger charge is -2.28. The van der Waals surface area contributed by atoms with Crippen LogP contribution >= 0.6 is 0 Å². The molecule has 0 aromatic heterocycles. The van der Waals surface area contributed by atoms with Gasteiger partial charge in [-0.1, -0.05) is 37.3 Å². The molecule has 0 saturated carbocycles. The molecule has 2 aromatic rings. The van der Waals surface area contributed by atoms with E-state index < -0.39 is 0 Å². The normalized spacial score (nSPS) is 13.8. The molecule has 1 fully saturated rings. The van der Waals surface area contributed by atoms with Crippen LogP contribution in [-0.4, -0.2) is 49.6 Å². The van der Waals surface area contributed by atoms with E-state index in [1.54, 1.807) is 0 Å². The first-order chi connectivity index (χ1) is 14.1. The second-order valence-electron chi connectivity index (χ2n) is 7.21. The lowest BCUT2D eigenvalue weighted by atomic mass is 9.95. The van der Waals surface area contributed by atoms with E-state index in [1.807, 2.05) is 49.1 Å². The zero-order chi connectivity index (χ0) is 20.6. The molecule has 6 nitrogen and oxygen atoms in total. The van der Waals surface area contributed by atoms with Crippen molar-refractivity contribution >= 4 is 17.6 Å². The van der Waals surface area contributed by atoms with Gasteiger partial charge in [-0.25, -0.2) is 4.79 Å². The first kappa shape index (κ1) is 20.9. The van der Waals surface area contributed by atoms with Crippen LogP contribution in [0.5, 0.6) is 0 Å². The van der Waals surface area contributed by atoms with Gasteiger partial charge < -0.3 is 20.9 Å². The molecule has 0 unspecified atom stereocenters. The number of rotatable bonds is 6. The number of aryl methyl sites for hydroxylation is 1. The minimum absolute atomic E-state index is 0.0715. The topological polar surface area (TPSA) is 73.5 Å². The van der Waals surface area contributed by atoms with Gasteiger partial charge >= 0.3 is 6.03 Å². The summed E-state index contributed by atoms with van der Waals surface area (Å²) in [5.74, 6) is 0.0715. The van der Waals surface area contributed by atoms with Gasteiger partial charge in [0.25, 0.3) is 5.91 Å². The molecule has 1 aliphatic rings. The van der Waals surface area contributed by atoms with Gasteiger partial charge in [-0.3, -0.25) is 4.79 Å². The van der Waals surface area contributed by atoms with Crippen LogP contribution in [0.3, 0.4) is 0 Å². The first-order valence-electron chi connectivity index (χ1n) is 10.4. The molecule has 3 amide bonds. The Bertz CT molecular complexity index is 845. The van der Waals surface area contributed by atoms with Gasteiger partial charge in [0.1, 0.15) is 0 Å². The van der Waals surface area contributed by atoms with Crippen LogP contribution in [0.25, 0.3) is 0 Å². The molecule has 1 saturated heterocycles. The summed E-state index contributed by atoms with van der Waals surface area (Å²) in [5, 5.41) is 9.03. The lowest BCUT2D eigenvalue weighted by Crippen LogP contribution is -2.46. The fourth-order valence-electron chi connectivity index (χ4n) is 3.62. The number of hydrogen-bond donors (Lipinski definition) is 3. The average molecular weight is 395 g/mol. The summed E-state index contributed by atoms with van der Waals surface area (Å²) in [4.78, 5) is 27.3. The van der Waals surface area contributed by atoms with Crippen molar-refractivity contribution in [2.75, 3.05) is 38.0 Å². The second kappa shape index (κ2) is 10.1. The highest BCUT2D eigenvalue weighted by Gasteiger charge is 2.22. The predicted molar refractivity (Wildman–Crippen MR) is 117 cm³/mol. The summed E-state index contributed by atoms with van der Waals surface area (Å²) in [6.45, 7) is 7.56. The molecule has 0 bridgehead atoms. The molecular formula is C23H30N4O2. The molecule has 6 heteroatoms. The summed E-state index contributed by atoms with van der Waals surface area (Å²) in [6, 6.07) is 13.8. The molecule has 1 heterocycles. The predicted octanol–water partition coefficient (Wildman–Crippen LogP) is 3.03. The zero-order valence-electron chi connectivity index (χ0n) is 17.3. The monoisotopic (exact) mass is 394 g/mol. The van der Waals surface area contributed by atoms with Crippen LogP contribution in [0.1, 0.15) is 40.9 Å². The summed E-state index contributed by atoms with van der Waals surface area (Å²) in [5.41, 5.74) is 4.53. The zero-order valence-corrected chi connectivity index (χ0v) is 17.3. The maximum Gasteiger partial charge on any atom is 0.319 e. The molecule has 154 valence electrons. The second-order valence-corrected chi connectivity index (χ2v) is 7.21. The fourth-order valence-corrected chi connectivity index (χ4v) is 3.62. The summed E-state index contributed by atoms with van der Waals surface area (Å²) < 4.78 is 0. The summed E-state index contributed by atoms with van der Waals surface area (Å²) in [6.07, 6.45) is 1.37. The molecular weight excluding hydrogens is 364 g/mol. The van der Waals surface area contributed by atoms with E-state index in [1.165, 1.54) is 0 Å². The van der Waals surface area contributed by atoms with E-state index in [0.717, 1.165) is 60.5 Å². The van der Waals surface area contributed by atoms with Crippen molar-refractivity contribution in [3.63, 3.8) is 0 Å². The van der Waals surface area contributed by atoms with Crippen molar-refractivity contribution < 1.29 is 9.59 Å². The summed E-state index contributed by atoms with van der Waals surface area (Å²) >= 11 is 0. The van der Waals surface area contributed by atoms with Gasteiger partial charge in [0.2, 0.25) is 0 Å². The Morgan fingerprint density at radius 2 is 1.76 bits per heavy atom. The van der Waals surface area contributed by atoms with Crippen LogP contribution < -0.4 is 16.0 Å². The van der Waals surface area contributed by atoms with Gasteiger partial charge in [-0.2, -0.15) is 0 Å². The van der Waals surface area contributed by atoms with E-state index in [2.05, 4.69) is 28.1 Å². The largest absolute Gasteiger partial charge is 0.338 e. The minimum atomic E-state index is -0.231. The van der Waals surface area contributed by atoms with Gasteiger partial charge in [0, 0.05) is 44.0 Å². The molecule has 0 aliphatic carbocycles. The summed E-state index contributed by atoms with van der Waals surface area (Å²) in [7, 11) is 0. The van der Waals surface area contributed by atoms with Crippen LogP contribution in [0, 0.1) is 0 Å². The average Bonchev–Trinajstić information content (AvgIpc) is 2.75. The van der Waals surface area contributed by atoms with Crippen molar-refractivity contribution in [1.82, 2.24) is 15.5 Å². The molecule has 1 aliphatic heterocycles. The first-order valence-corrected chi connectivity index (χ1v) is 10.4. The SMILES string of the molecule is CCNC(=O)Nc1cc(CC)c(C(=O)N2CCNCC2)cc1Cc1ccccc1.